The molecule has 2 aromatic rings. The summed E-state index contributed by atoms with van der Waals surface area (Å²) in [6.07, 6.45) is 5.96. The number of rotatable bonds is 5. The summed E-state index contributed by atoms with van der Waals surface area (Å²) < 4.78 is 27.4. The van der Waals surface area contributed by atoms with Gasteiger partial charge in [-0.3, -0.25) is 4.98 Å². The normalized spacial score (nSPS) is 19.6. The number of sulfonamides is 1. The largest absolute Gasteiger partial charge is 0.372 e. The van der Waals surface area contributed by atoms with E-state index < -0.39 is 10.0 Å². The van der Waals surface area contributed by atoms with Crippen LogP contribution >= 0.6 is 11.3 Å². The molecule has 0 spiro atoms. The molecule has 1 aliphatic heterocycles. The molecule has 3 rings (SSSR count). The Balaban J connectivity index is 1.74. The van der Waals surface area contributed by atoms with Crippen LogP contribution in [-0.2, 0) is 16.4 Å². The van der Waals surface area contributed by atoms with Crippen molar-refractivity contribution in [3.05, 3.63) is 35.6 Å². The number of nitrogens with one attached hydrogen (secondary N) is 1. The molecule has 23 heavy (non-hydrogen) atoms. The molecule has 0 amide bonds. The summed E-state index contributed by atoms with van der Waals surface area (Å²) in [4.78, 5) is 8.66. The Kier molecular flexibility index (Phi) is 4.93. The van der Waals surface area contributed by atoms with E-state index in [9.17, 15) is 8.42 Å². The van der Waals surface area contributed by atoms with Gasteiger partial charge >= 0.3 is 0 Å². The molecule has 8 heteroatoms. The maximum Gasteiger partial charge on any atom is 0.252 e. The summed E-state index contributed by atoms with van der Waals surface area (Å²) in [7, 11) is -1.54. The van der Waals surface area contributed by atoms with Crippen LogP contribution in [0.15, 0.2) is 34.1 Å². The maximum atomic E-state index is 12.7. The summed E-state index contributed by atoms with van der Waals surface area (Å²) in [5, 5.41) is 4.84. The molecule has 6 nitrogen and oxygen atoms in total. The van der Waals surface area contributed by atoms with Gasteiger partial charge in [0, 0.05) is 32.5 Å². The first-order chi connectivity index (χ1) is 11.1. The van der Waals surface area contributed by atoms with Crippen LogP contribution in [0.4, 0.5) is 5.82 Å². The third kappa shape index (κ3) is 3.54. The highest BCUT2D eigenvalue weighted by Gasteiger charge is 2.31. The smallest absolute Gasteiger partial charge is 0.252 e. The van der Waals surface area contributed by atoms with Gasteiger partial charge in [-0.15, -0.1) is 11.3 Å². The zero-order valence-corrected chi connectivity index (χ0v) is 14.6. The first-order valence-electron chi connectivity index (χ1n) is 7.62. The first kappa shape index (κ1) is 16.4. The number of thiophene rings is 1. The van der Waals surface area contributed by atoms with Crippen LogP contribution in [0.3, 0.4) is 0 Å². The number of aromatic nitrogens is 2. The molecular formula is C15H20N4O2S2. The minimum Gasteiger partial charge on any atom is -0.372 e. The average Bonchev–Trinajstić information content (AvgIpc) is 3.11. The number of nitrogens with zero attached hydrogens (tertiary/aromatic N) is 3. The van der Waals surface area contributed by atoms with E-state index in [1.165, 1.54) is 11.3 Å². The van der Waals surface area contributed by atoms with Gasteiger partial charge in [0.05, 0.1) is 5.69 Å². The topological polar surface area (TPSA) is 75.2 Å². The molecule has 0 aliphatic carbocycles. The molecule has 0 radical (unpaired) electrons. The molecule has 0 bridgehead atoms. The lowest BCUT2D eigenvalue weighted by Crippen LogP contribution is -2.40. The minimum atomic E-state index is -3.36. The van der Waals surface area contributed by atoms with Crippen molar-refractivity contribution in [2.75, 3.05) is 25.5 Å². The summed E-state index contributed by atoms with van der Waals surface area (Å²) in [5.74, 6) is 1.04. The molecule has 3 heterocycles. The second-order valence-corrected chi connectivity index (χ2v) is 8.72. The van der Waals surface area contributed by atoms with Crippen LogP contribution in [0.1, 0.15) is 18.5 Å². The molecule has 1 aliphatic rings. The van der Waals surface area contributed by atoms with Crippen molar-refractivity contribution in [3.8, 4) is 0 Å². The number of hydrogen-bond acceptors (Lipinski definition) is 6. The predicted octanol–water partition coefficient (Wildman–Crippen LogP) is 2.22. The van der Waals surface area contributed by atoms with Crippen LogP contribution < -0.4 is 5.32 Å². The average molecular weight is 352 g/mol. The Hall–Kier alpha value is -1.51. The van der Waals surface area contributed by atoms with E-state index in [1.807, 2.05) is 7.05 Å². The Bertz CT molecular complexity index is 747. The highest BCUT2D eigenvalue weighted by Crippen LogP contribution is 2.28. The molecule has 1 fully saturated rings. The second-order valence-electron chi connectivity index (χ2n) is 5.61. The van der Waals surface area contributed by atoms with E-state index in [2.05, 4.69) is 15.3 Å². The predicted molar refractivity (Wildman–Crippen MR) is 91.1 cm³/mol. The standard InChI is InChI=1S/C15H20N4O2S2/c1-16-15-13(17-6-7-18-15)10-12-4-2-8-19(11-12)23(20,21)14-5-3-9-22-14/h3,5-7,9,12H,2,4,8,10-11H2,1H3,(H,16,18)/t12-/m1/s1. The quantitative estimate of drug-likeness (QED) is 0.893. The highest BCUT2D eigenvalue weighted by molar-refractivity contribution is 7.91. The summed E-state index contributed by atoms with van der Waals surface area (Å²) in [6.45, 7) is 1.13. The van der Waals surface area contributed by atoms with Crippen molar-refractivity contribution >= 4 is 27.2 Å². The number of anilines is 1. The van der Waals surface area contributed by atoms with Gasteiger partial charge in [-0.25, -0.2) is 13.4 Å². The van der Waals surface area contributed by atoms with Crippen LogP contribution in [0, 0.1) is 5.92 Å². The van der Waals surface area contributed by atoms with E-state index >= 15 is 0 Å². The third-order valence-electron chi connectivity index (χ3n) is 4.06. The van der Waals surface area contributed by atoms with Crippen molar-refractivity contribution in [3.63, 3.8) is 0 Å². The Labute approximate surface area is 140 Å². The van der Waals surface area contributed by atoms with E-state index in [4.69, 9.17) is 0 Å². The van der Waals surface area contributed by atoms with Crippen molar-refractivity contribution in [2.45, 2.75) is 23.5 Å². The molecule has 0 aromatic carbocycles. The fourth-order valence-corrected chi connectivity index (χ4v) is 5.65. The fraction of sp³-hybridized carbons (Fsp3) is 0.467. The lowest BCUT2D eigenvalue weighted by atomic mass is 9.94. The van der Waals surface area contributed by atoms with Gasteiger partial charge in [0.1, 0.15) is 10.0 Å². The Morgan fingerprint density at radius 1 is 1.39 bits per heavy atom. The van der Waals surface area contributed by atoms with Gasteiger partial charge in [-0.1, -0.05) is 6.07 Å². The molecule has 2 aromatic heterocycles. The molecule has 1 N–H and O–H groups in total. The Morgan fingerprint density at radius 3 is 2.96 bits per heavy atom. The van der Waals surface area contributed by atoms with E-state index in [1.54, 1.807) is 34.2 Å². The zero-order valence-electron chi connectivity index (χ0n) is 13.0. The van der Waals surface area contributed by atoms with Gasteiger partial charge in [0.2, 0.25) is 0 Å². The highest BCUT2D eigenvalue weighted by atomic mass is 32.2. The van der Waals surface area contributed by atoms with Crippen molar-refractivity contribution in [1.82, 2.24) is 14.3 Å². The lowest BCUT2D eigenvalue weighted by molar-refractivity contribution is 0.264. The van der Waals surface area contributed by atoms with Gasteiger partial charge < -0.3 is 5.32 Å². The zero-order chi connectivity index (χ0) is 16.3. The fourth-order valence-electron chi connectivity index (χ4n) is 2.95. The first-order valence-corrected chi connectivity index (χ1v) is 9.94. The SMILES string of the molecule is CNc1nccnc1C[C@H]1CCCN(S(=O)(=O)c2cccs2)C1. The third-order valence-corrected chi connectivity index (χ3v) is 7.30. The number of piperidine rings is 1. The van der Waals surface area contributed by atoms with E-state index in [-0.39, 0.29) is 5.92 Å². The van der Waals surface area contributed by atoms with Gasteiger partial charge in [0.25, 0.3) is 10.0 Å². The Morgan fingerprint density at radius 2 is 2.22 bits per heavy atom. The number of hydrogen-bond donors (Lipinski definition) is 1. The lowest BCUT2D eigenvalue weighted by Gasteiger charge is -2.31. The summed E-state index contributed by atoms with van der Waals surface area (Å²) >= 11 is 1.27. The maximum absolute atomic E-state index is 12.7. The molecule has 1 saturated heterocycles. The van der Waals surface area contributed by atoms with Gasteiger partial charge in [-0.2, -0.15) is 4.31 Å². The van der Waals surface area contributed by atoms with Crippen molar-refractivity contribution in [2.24, 2.45) is 5.92 Å². The second kappa shape index (κ2) is 6.94. The van der Waals surface area contributed by atoms with E-state index in [0.717, 1.165) is 30.8 Å². The van der Waals surface area contributed by atoms with Crippen molar-refractivity contribution in [1.29, 1.82) is 0 Å². The molecule has 0 saturated carbocycles. The molecular weight excluding hydrogens is 332 g/mol. The van der Waals surface area contributed by atoms with Crippen LogP contribution in [0.5, 0.6) is 0 Å². The van der Waals surface area contributed by atoms with Gasteiger partial charge in [-0.05, 0) is 36.6 Å². The van der Waals surface area contributed by atoms with Crippen molar-refractivity contribution < 1.29 is 8.42 Å². The molecule has 0 unspecified atom stereocenters. The van der Waals surface area contributed by atoms with Crippen LogP contribution in [-0.4, -0.2) is 42.8 Å². The monoisotopic (exact) mass is 352 g/mol. The summed E-state index contributed by atoms with van der Waals surface area (Å²) in [5.41, 5.74) is 0.898. The van der Waals surface area contributed by atoms with Crippen LogP contribution in [0.2, 0.25) is 0 Å². The minimum absolute atomic E-state index is 0.266. The molecule has 1 atom stereocenters. The van der Waals surface area contributed by atoms with Gasteiger partial charge in [0.15, 0.2) is 0 Å². The molecule has 124 valence electrons. The van der Waals surface area contributed by atoms with Crippen LogP contribution in [0.25, 0.3) is 0 Å². The summed E-state index contributed by atoms with van der Waals surface area (Å²) in [6, 6.07) is 3.45. The van der Waals surface area contributed by atoms with E-state index in [0.29, 0.717) is 17.3 Å².